The summed E-state index contributed by atoms with van der Waals surface area (Å²) >= 11 is 0. The zero-order valence-electron chi connectivity index (χ0n) is 7.64. The van der Waals surface area contributed by atoms with Crippen LogP contribution in [0.15, 0.2) is 12.4 Å². The highest BCUT2D eigenvalue weighted by atomic mass is 16.3. The monoisotopic (exact) mass is 179 g/mol. The van der Waals surface area contributed by atoms with Gasteiger partial charge in [-0.1, -0.05) is 0 Å². The van der Waals surface area contributed by atoms with E-state index in [9.17, 15) is 5.11 Å². The Morgan fingerprint density at radius 3 is 2.38 bits per heavy atom. The third-order valence-corrected chi connectivity index (χ3v) is 2.28. The molecule has 1 aromatic heterocycles. The van der Waals surface area contributed by atoms with Crippen LogP contribution >= 0.6 is 0 Å². The predicted octanol–water partition coefficient (Wildman–Crippen LogP) is 0.740. The van der Waals surface area contributed by atoms with Gasteiger partial charge in [0.15, 0.2) is 0 Å². The second-order valence-electron chi connectivity index (χ2n) is 3.33. The van der Waals surface area contributed by atoms with Gasteiger partial charge < -0.3 is 10.0 Å². The first kappa shape index (κ1) is 8.44. The van der Waals surface area contributed by atoms with E-state index in [4.69, 9.17) is 0 Å². The van der Waals surface area contributed by atoms with Gasteiger partial charge in [-0.15, -0.1) is 0 Å². The van der Waals surface area contributed by atoms with Crippen LogP contribution in [0.4, 0.5) is 5.95 Å². The molecular formula is C9H13N3O. The Balaban J connectivity index is 2.13. The molecule has 2 rings (SSSR count). The van der Waals surface area contributed by atoms with Gasteiger partial charge in [0, 0.05) is 31.0 Å². The molecule has 1 saturated heterocycles. The van der Waals surface area contributed by atoms with Crippen molar-refractivity contribution in [3.05, 3.63) is 18.0 Å². The minimum atomic E-state index is -0.481. The van der Waals surface area contributed by atoms with Crippen LogP contribution in [0.2, 0.25) is 0 Å². The largest absolute Gasteiger partial charge is 0.389 e. The molecule has 1 N–H and O–H groups in total. The van der Waals surface area contributed by atoms with Gasteiger partial charge in [0.2, 0.25) is 5.95 Å². The SMILES string of the molecule is CC(O)c1cnc(N2CCC2)nc1. The Labute approximate surface area is 77.2 Å². The van der Waals surface area contributed by atoms with E-state index in [0.29, 0.717) is 0 Å². The summed E-state index contributed by atoms with van der Waals surface area (Å²) in [6.45, 7) is 3.81. The molecule has 0 amide bonds. The molecule has 1 atom stereocenters. The van der Waals surface area contributed by atoms with Crippen molar-refractivity contribution in [3.8, 4) is 0 Å². The fraction of sp³-hybridized carbons (Fsp3) is 0.556. The van der Waals surface area contributed by atoms with Crippen molar-refractivity contribution in [1.82, 2.24) is 9.97 Å². The fourth-order valence-electron chi connectivity index (χ4n) is 1.23. The van der Waals surface area contributed by atoms with E-state index >= 15 is 0 Å². The summed E-state index contributed by atoms with van der Waals surface area (Å²) in [5.74, 6) is 0.774. The number of rotatable bonds is 2. The Bertz CT molecular complexity index is 279. The van der Waals surface area contributed by atoms with E-state index in [0.717, 1.165) is 24.6 Å². The lowest BCUT2D eigenvalue weighted by atomic mass is 10.2. The summed E-state index contributed by atoms with van der Waals surface area (Å²) in [6.07, 6.45) is 4.11. The number of nitrogens with zero attached hydrogens (tertiary/aromatic N) is 3. The quantitative estimate of drug-likeness (QED) is 0.727. The van der Waals surface area contributed by atoms with E-state index in [1.54, 1.807) is 19.3 Å². The van der Waals surface area contributed by atoms with Crippen LogP contribution in [0.3, 0.4) is 0 Å². The van der Waals surface area contributed by atoms with Gasteiger partial charge in [-0.25, -0.2) is 9.97 Å². The Morgan fingerprint density at radius 1 is 1.38 bits per heavy atom. The predicted molar refractivity (Wildman–Crippen MR) is 49.5 cm³/mol. The van der Waals surface area contributed by atoms with Crippen LogP contribution in [0.25, 0.3) is 0 Å². The molecule has 13 heavy (non-hydrogen) atoms. The maximum atomic E-state index is 9.23. The number of anilines is 1. The number of hydrogen-bond acceptors (Lipinski definition) is 4. The second kappa shape index (κ2) is 3.30. The zero-order chi connectivity index (χ0) is 9.26. The van der Waals surface area contributed by atoms with Gasteiger partial charge >= 0.3 is 0 Å². The topological polar surface area (TPSA) is 49.3 Å². The summed E-state index contributed by atoms with van der Waals surface area (Å²) in [4.78, 5) is 10.5. The molecule has 70 valence electrons. The highest BCUT2D eigenvalue weighted by Gasteiger charge is 2.16. The van der Waals surface area contributed by atoms with Crippen LogP contribution in [0.5, 0.6) is 0 Å². The Hall–Kier alpha value is -1.16. The molecule has 0 bridgehead atoms. The first-order valence-corrected chi connectivity index (χ1v) is 4.52. The molecule has 1 aromatic rings. The van der Waals surface area contributed by atoms with Crippen molar-refractivity contribution in [2.45, 2.75) is 19.4 Å². The lowest BCUT2D eigenvalue weighted by Crippen LogP contribution is -2.38. The van der Waals surface area contributed by atoms with Gasteiger partial charge in [-0.2, -0.15) is 0 Å². The molecule has 0 radical (unpaired) electrons. The maximum Gasteiger partial charge on any atom is 0.225 e. The van der Waals surface area contributed by atoms with Crippen molar-refractivity contribution in [2.75, 3.05) is 18.0 Å². The Kier molecular flexibility index (Phi) is 2.14. The van der Waals surface area contributed by atoms with Crippen molar-refractivity contribution < 1.29 is 5.11 Å². The molecule has 1 aliphatic heterocycles. The summed E-state index contributed by atoms with van der Waals surface area (Å²) in [5, 5.41) is 9.23. The average molecular weight is 179 g/mol. The summed E-state index contributed by atoms with van der Waals surface area (Å²) in [7, 11) is 0. The molecule has 0 spiro atoms. The molecule has 4 nitrogen and oxygen atoms in total. The van der Waals surface area contributed by atoms with Crippen LogP contribution in [0, 0.1) is 0 Å². The van der Waals surface area contributed by atoms with Crippen LogP contribution in [-0.4, -0.2) is 28.2 Å². The van der Waals surface area contributed by atoms with Gasteiger partial charge in [-0.3, -0.25) is 0 Å². The molecule has 1 fully saturated rings. The molecule has 0 aromatic carbocycles. The summed E-state index contributed by atoms with van der Waals surface area (Å²) < 4.78 is 0. The van der Waals surface area contributed by atoms with Gasteiger partial charge in [-0.05, 0) is 13.3 Å². The number of aliphatic hydroxyl groups is 1. The number of hydrogen-bond donors (Lipinski definition) is 1. The van der Waals surface area contributed by atoms with E-state index in [2.05, 4.69) is 14.9 Å². The molecular weight excluding hydrogens is 166 g/mol. The third-order valence-electron chi connectivity index (χ3n) is 2.28. The zero-order valence-corrected chi connectivity index (χ0v) is 7.64. The molecule has 1 unspecified atom stereocenters. The van der Waals surface area contributed by atoms with Gasteiger partial charge in [0.05, 0.1) is 6.10 Å². The van der Waals surface area contributed by atoms with Crippen molar-refractivity contribution in [3.63, 3.8) is 0 Å². The summed E-state index contributed by atoms with van der Waals surface area (Å²) in [5.41, 5.74) is 0.768. The van der Waals surface area contributed by atoms with E-state index in [-0.39, 0.29) is 0 Å². The molecule has 0 saturated carbocycles. The van der Waals surface area contributed by atoms with Gasteiger partial charge in [0.1, 0.15) is 0 Å². The van der Waals surface area contributed by atoms with Crippen molar-refractivity contribution in [2.24, 2.45) is 0 Å². The molecule has 1 aliphatic rings. The molecule has 2 heterocycles. The second-order valence-corrected chi connectivity index (χ2v) is 3.33. The van der Waals surface area contributed by atoms with E-state index in [1.165, 1.54) is 6.42 Å². The fourth-order valence-corrected chi connectivity index (χ4v) is 1.23. The smallest absolute Gasteiger partial charge is 0.225 e. The highest BCUT2D eigenvalue weighted by molar-refractivity contribution is 5.32. The van der Waals surface area contributed by atoms with E-state index < -0.39 is 6.10 Å². The standard InChI is InChI=1S/C9H13N3O/c1-7(13)8-5-10-9(11-6-8)12-3-2-4-12/h5-7,13H,2-4H2,1H3. The highest BCUT2D eigenvalue weighted by Crippen LogP contribution is 2.16. The Morgan fingerprint density at radius 2 is 2.00 bits per heavy atom. The minimum absolute atomic E-state index is 0.481. The maximum absolute atomic E-state index is 9.23. The molecule has 0 aliphatic carbocycles. The minimum Gasteiger partial charge on any atom is -0.389 e. The lowest BCUT2D eigenvalue weighted by Gasteiger charge is -2.30. The first-order chi connectivity index (χ1) is 6.27. The normalized spacial score (nSPS) is 18.2. The van der Waals surface area contributed by atoms with Crippen molar-refractivity contribution in [1.29, 1.82) is 0 Å². The summed E-state index contributed by atoms with van der Waals surface area (Å²) in [6, 6.07) is 0. The van der Waals surface area contributed by atoms with Crippen LogP contribution in [-0.2, 0) is 0 Å². The van der Waals surface area contributed by atoms with Crippen LogP contribution < -0.4 is 4.90 Å². The lowest BCUT2D eigenvalue weighted by molar-refractivity contribution is 0.198. The van der Waals surface area contributed by atoms with E-state index in [1.807, 2.05) is 0 Å². The number of aliphatic hydroxyl groups excluding tert-OH is 1. The number of aromatic nitrogens is 2. The average Bonchev–Trinajstić information content (AvgIpc) is 2.02. The molecule has 4 heteroatoms. The third kappa shape index (κ3) is 1.62. The first-order valence-electron chi connectivity index (χ1n) is 4.52. The van der Waals surface area contributed by atoms with Crippen LogP contribution in [0.1, 0.15) is 25.0 Å². The van der Waals surface area contributed by atoms with Gasteiger partial charge in [0.25, 0.3) is 0 Å². The van der Waals surface area contributed by atoms with Crippen molar-refractivity contribution >= 4 is 5.95 Å².